The Labute approximate surface area is 127 Å². The molecule has 2 aliphatic rings. The van der Waals surface area contributed by atoms with Gasteiger partial charge in [-0.3, -0.25) is 4.90 Å². The van der Waals surface area contributed by atoms with E-state index in [0.717, 1.165) is 52.2 Å². The number of ether oxygens (including phenoxy) is 1. The SMILES string of the molecule is CC(C)N1CCOC(CN2CCC(C)(C(N)=NO)CC2)C1. The molecule has 2 fully saturated rings. The maximum absolute atomic E-state index is 8.88. The Morgan fingerprint density at radius 2 is 2.05 bits per heavy atom. The third-order valence-corrected chi connectivity index (χ3v) is 5.05. The number of hydrogen-bond acceptors (Lipinski definition) is 5. The number of nitrogens with zero attached hydrogens (tertiary/aromatic N) is 3. The van der Waals surface area contributed by atoms with Crippen LogP contribution >= 0.6 is 0 Å². The van der Waals surface area contributed by atoms with Crippen LogP contribution in [0.3, 0.4) is 0 Å². The third kappa shape index (κ3) is 4.08. The largest absolute Gasteiger partial charge is 0.409 e. The summed E-state index contributed by atoms with van der Waals surface area (Å²) in [4.78, 5) is 4.93. The van der Waals surface area contributed by atoms with E-state index in [4.69, 9.17) is 15.7 Å². The quantitative estimate of drug-likeness (QED) is 0.350. The number of amidine groups is 1. The monoisotopic (exact) mass is 298 g/mol. The molecular weight excluding hydrogens is 268 g/mol. The molecule has 1 atom stereocenters. The van der Waals surface area contributed by atoms with Crippen LogP contribution in [-0.2, 0) is 4.74 Å². The van der Waals surface area contributed by atoms with Gasteiger partial charge in [0.2, 0.25) is 0 Å². The van der Waals surface area contributed by atoms with Gasteiger partial charge in [0.1, 0.15) is 5.84 Å². The Balaban J connectivity index is 1.81. The molecule has 2 saturated heterocycles. The predicted molar refractivity (Wildman–Crippen MR) is 83.6 cm³/mol. The highest BCUT2D eigenvalue weighted by Crippen LogP contribution is 2.31. The molecule has 21 heavy (non-hydrogen) atoms. The smallest absolute Gasteiger partial charge is 0.145 e. The second-order valence-electron chi connectivity index (χ2n) is 6.93. The molecule has 0 spiro atoms. The van der Waals surface area contributed by atoms with Gasteiger partial charge in [-0.1, -0.05) is 12.1 Å². The molecular formula is C15H30N4O2. The maximum Gasteiger partial charge on any atom is 0.145 e. The van der Waals surface area contributed by atoms with Gasteiger partial charge >= 0.3 is 0 Å². The van der Waals surface area contributed by atoms with Crippen LogP contribution in [0.2, 0.25) is 0 Å². The van der Waals surface area contributed by atoms with Crippen LogP contribution in [0.25, 0.3) is 0 Å². The second-order valence-corrected chi connectivity index (χ2v) is 6.93. The fourth-order valence-corrected chi connectivity index (χ4v) is 3.22. The van der Waals surface area contributed by atoms with Crippen LogP contribution in [-0.4, -0.2) is 72.3 Å². The highest BCUT2D eigenvalue weighted by Gasteiger charge is 2.35. The fourth-order valence-electron chi connectivity index (χ4n) is 3.22. The van der Waals surface area contributed by atoms with E-state index in [2.05, 4.69) is 35.7 Å². The number of oxime groups is 1. The zero-order chi connectivity index (χ0) is 15.5. The van der Waals surface area contributed by atoms with Gasteiger partial charge in [-0.25, -0.2) is 0 Å². The first-order chi connectivity index (χ1) is 9.94. The molecule has 0 bridgehead atoms. The zero-order valence-corrected chi connectivity index (χ0v) is 13.6. The lowest BCUT2D eigenvalue weighted by molar-refractivity contribution is -0.0559. The summed E-state index contributed by atoms with van der Waals surface area (Å²) in [5.74, 6) is 0.363. The number of piperidine rings is 1. The van der Waals surface area contributed by atoms with Crippen LogP contribution < -0.4 is 5.73 Å². The van der Waals surface area contributed by atoms with Gasteiger partial charge in [-0.15, -0.1) is 0 Å². The van der Waals surface area contributed by atoms with Gasteiger partial charge in [0.05, 0.1) is 12.7 Å². The lowest BCUT2D eigenvalue weighted by Crippen LogP contribution is -2.52. The van der Waals surface area contributed by atoms with Crippen molar-refractivity contribution in [3.05, 3.63) is 0 Å². The average Bonchev–Trinajstić information content (AvgIpc) is 2.49. The highest BCUT2D eigenvalue weighted by atomic mass is 16.5. The van der Waals surface area contributed by atoms with Crippen molar-refractivity contribution in [2.45, 2.75) is 45.8 Å². The number of nitrogens with two attached hydrogens (primary N) is 1. The van der Waals surface area contributed by atoms with Gasteiger partial charge in [0.15, 0.2) is 0 Å². The number of rotatable bonds is 4. The normalized spacial score (nSPS) is 29.0. The van der Waals surface area contributed by atoms with Crippen LogP contribution in [0.15, 0.2) is 5.16 Å². The van der Waals surface area contributed by atoms with Crippen molar-refractivity contribution in [3.8, 4) is 0 Å². The van der Waals surface area contributed by atoms with Crippen molar-refractivity contribution in [3.63, 3.8) is 0 Å². The molecule has 0 amide bonds. The van der Waals surface area contributed by atoms with E-state index < -0.39 is 0 Å². The van der Waals surface area contributed by atoms with E-state index in [1.54, 1.807) is 0 Å². The summed E-state index contributed by atoms with van der Waals surface area (Å²) in [5, 5.41) is 12.1. The maximum atomic E-state index is 8.88. The molecule has 3 N–H and O–H groups in total. The van der Waals surface area contributed by atoms with Gasteiger partial charge in [0, 0.05) is 31.1 Å². The van der Waals surface area contributed by atoms with Gasteiger partial charge in [-0.05, 0) is 39.8 Å². The van der Waals surface area contributed by atoms with Crippen molar-refractivity contribution in [2.24, 2.45) is 16.3 Å². The van der Waals surface area contributed by atoms with Crippen molar-refractivity contribution < 1.29 is 9.94 Å². The lowest BCUT2D eigenvalue weighted by atomic mass is 9.79. The van der Waals surface area contributed by atoms with E-state index in [1.165, 1.54) is 0 Å². The Hall–Kier alpha value is -0.850. The minimum Gasteiger partial charge on any atom is -0.409 e. The minimum absolute atomic E-state index is 0.164. The van der Waals surface area contributed by atoms with Crippen molar-refractivity contribution in [1.29, 1.82) is 0 Å². The Morgan fingerprint density at radius 1 is 1.38 bits per heavy atom. The summed E-state index contributed by atoms with van der Waals surface area (Å²) < 4.78 is 5.91. The van der Waals surface area contributed by atoms with Gasteiger partial charge in [0.25, 0.3) is 0 Å². The first-order valence-electron chi connectivity index (χ1n) is 8.00. The Morgan fingerprint density at radius 3 is 2.62 bits per heavy atom. The average molecular weight is 298 g/mol. The molecule has 0 aliphatic carbocycles. The third-order valence-electron chi connectivity index (χ3n) is 5.05. The number of hydrogen-bond donors (Lipinski definition) is 2. The summed E-state index contributed by atoms with van der Waals surface area (Å²) in [7, 11) is 0. The zero-order valence-electron chi connectivity index (χ0n) is 13.6. The molecule has 2 heterocycles. The summed E-state index contributed by atoms with van der Waals surface area (Å²) in [6.45, 7) is 12.4. The molecule has 0 aromatic carbocycles. The van der Waals surface area contributed by atoms with Crippen LogP contribution in [0, 0.1) is 5.41 Å². The fraction of sp³-hybridized carbons (Fsp3) is 0.933. The molecule has 1 unspecified atom stereocenters. The number of morpholine rings is 1. The molecule has 0 saturated carbocycles. The lowest BCUT2D eigenvalue weighted by Gasteiger charge is -2.42. The molecule has 0 aromatic heterocycles. The van der Waals surface area contributed by atoms with E-state index in [9.17, 15) is 0 Å². The van der Waals surface area contributed by atoms with Crippen LogP contribution in [0.4, 0.5) is 0 Å². The van der Waals surface area contributed by atoms with Crippen LogP contribution in [0.1, 0.15) is 33.6 Å². The van der Waals surface area contributed by atoms with Gasteiger partial charge < -0.3 is 20.6 Å². The van der Waals surface area contributed by atoms with Crippen molar-refractivity contribution >= 4 is 5.84 Å². The number of likely N-dealkylation sites (tertiary alicyclic amines) is 1. The van der Waals surface area contributed by atoms with E-state index in [0.29, 0.717) is 18.0 Å². The summed E-state index contributed by atoms with van der Waals surface area (Å²) in [6.07, 6.45) is 2.17. The summed E-state index contributed by atoms with van der Waals surface area (Å²) >= 11 is 0. The van der Waals surface area contributed by atoms with Gasteiger partial charge in [-0.2, -0.15) is 0 Å². The van der Waals surface area contributed by atoms with Crippen LogP contribution in [0.5, 0.6) is 0 Å². The van der Waals surface area contributed by atoms with E-state index in [-0.39, 0.29) is 5.41 Å². The molecule has 2 rings (SSSR count). The highest BCUT2D eigenvalue weighted by molar-refractivity contribution is 5.85. The Bertz CT molecular complexity index is 365. The van der Waals surface area contributed by atoms with Crippen molar-refractivity contribution in [1.82, 2.24) is 9.80 Å². The first-order valence-corrected chi connectivity index (χ1v) is 8.00. The topological polar surface area (TPSA) is 74.3 Å². The second kappa shape index (κ2) is 6.94. The first kappa shape index (κ1) is 16.5. The van der Waals surface area contributed by atoms with E-state index in [1.807, 2.05) is 0 Å². The molecule has 122 valence electrons. The summed E-state index contributed by atoms with van der Waals surface area (Å²) in [5.41, 5.74) is 5.65. The Kier molecular flexibility index (Phi) is 5.46. The molecule has 6 nitrogen and oxygen atoms in total. The predicted octanol–water partition coefficient (Wildman–Crippen LogP) is 0.944. The standard InChI is InChI=1S/C15H30N4O2/c1-12(2)19-8-9-21-13(11-19)10-18-6-4-15(3,5-7-18)14(16)17-20/h12-13,20H,4-11H2,1-3H3,(H2,16,17). The molecule has 0 radical (unpaired) electrons. The van der Waals surface area contributed by atoms with E-state index >= 15 is 0 Å². The summed E-state index contributed by atoms with van der Waals surface area (Å²) in [6, 6.07) is 0.585. The molecule has 0 aromatic rings. The minimum atomic E-state index is -0.164. The molecule has 2 aliphatic heterocycles. The molecule has 6 heteroatoms. The van der Waals surface area contributed by atoms with Crippen molar-refractivity contribution in [2.75, 3.05) is 39.3 Å².